The Morgan fingerprint density at radius 1 is 1.43 bits per heavy atom. The van der Waals surface area contributed by atoms with Gasteiger partial charge in [-0.3, -0.25) is 0 Å². The van der Waals surface area contributed by atoms with Gasteiger partial charge in [0, 0.05) is 12.1 Å². The number of rotatable bonds is 3. The molecule has 0 radical (unpaired) electrons. The van der Waals surface area contributed by atoms with Gasteiger partial charge in [-0.15, -0.1) is 0 Å². The summed E-state index contributed by atoms with van der Waals surface area (Å²) in [6, 6.07) is 1.53. The Morgan fingerprint density at radius 2 is 2.07 bits per heavy atom. The van der Waals surface area contributed by atoms with Crippen molar-refractivity contribution in [2.24, 2.45) is 5.73 Å². The lowest BCUT2D eigenvalue weighted by atomic mass is 10.2. The highest BCUT2D eigenvalue weighted by molar-refractivity contribution is 9.10. The summed E-state index contributed by atoms with van der Waals surface area (Å²) >= 11 is 3.09. The number of methoxy groups -OCH3 is 2. The van der Waals surface area contributed by atoms with E-state index in [-0.39, 0.29) is 11.0 Å². The molecule has 78 valence electrons. The van der Waals surface area contributed by atoms with Gasteiger partial charge in [0.15, 0.2) is 11.5 Å². The molecule has 3 nitrogen and oxygen atoms in total. The van der Waals surface area contributed by atoms with Crippen LogP contribution in [0.5, 0.6) is 11.5 Å². The number of hydrogen-bond acceptors (Lipinski definition) is 3. The van der Waals surface area contributed by atoms with Crippen molar-refractivity contribution in [3.63, 3.8) is 0 Å². The minimum Gasteiger partial charge on any atom is -0.493 e. The zero-order valence-electron chi connectivity index (χ0n) is 7.93. The molecule has 0 amide bonds. The van der Waals surface area contributed by atoms with Crippen LogP contribution in [0.1, 0.15) is 5.56 Å². The quantitative estimate of drug-likeness (QED) is 0.908. The van der Waals surface area contributed by atoms with Crippen LogP contribution in [0, 0.1) is 5.82 Å². The van der Waals surface area contributed by atoms with E-state index in [9.17, 15) is 4.39 Å². The average Bonchev–Trinajstić information content (AvgIpc) is 2.21. The zero-order chi connectivity index (χ0) is 10.7. The van der Waals surface area contributed by atoms with Crippen LogP contribution >= 0.6 is 15.9 Å². The molecule has 0 unspecified atom stereocenters. The first-order valence-electron chi connectivity index (χ1n) is 3.94. The van der Waals surface area contributed by atoms with Crippen molar-refractivity contribution >= 4 is 15.9 Å². The lowest BCUT2D eigenvalue weighted by Crippen LogP contribution is -2.03. The lowest BCUT2D eigenvalue weighted by molar-refractivity contribution is 0.349. The van der Waals surface area contributed by atoms with Crippen molar-refractivity contribution in [1.29, 1.82) is 0 Å². The minimum absolute atomic E-state index is 0.116. The molecule has 0 aromatic heterocycles. The Morgan fingerprint density at radius 3 is 2.50 bits per heavy atom. The first kappa shape index (κ1) is 11.3. The number of hydrogen-bond donors (Lipinski definition) is 1. The Bertz CT molecular complexity index is 344. The summed E-state index contributed by atoms with van der Waals surface area (Å²) in [4.78, 5) is 0. The third-order valence-electron chi connectivity index (χ3n) is 1.85. The van der Waals surface area contributed by atoms with Crippen molar-refractivity contribution in [1.82, 2.24) is 0 Å². The maximum atomic E-state index is 13.5. The second kappa shape index (κ2) is 4.61. The maximum absolute atomic E-state index is 13.5. The topological polar surface area (TPSA) is 44.5 Å². The highest BCUT2D eigenvalue weighted by Gasteiger charge is 2.16. The summed E-state index contributed by atoms with van der Waals surface area (Å²) in [6.45, 7) is 0.116. The van der Waals surface area contributed by atoms with Crippen LogP contribution in [0.15, 0.2) is 10.5 Å². The fraction of sp³-hybridized carbons (Fsp3) is 0.333. The van der Waals surface area contributed by atoms with Gasteiger partial charge in [0.2, 0.25) is 0 Å². The van der Waals surface area contributed by atoms with Crippen LogP contribution in [0.25, 0.3) is 0 Å². The highest BCUT2D eigenvalue weighted by Crippen LogP contribution is 2.38. The van der Waals surface area contributed by atoms with Crippen LogP contribution in [-0.4, -0.2) is 14.2 Å². The van der Waals surface area contributed by atoms with E-state index in [1.54, 1.807) is 0 Å². The monoisotopic (exact) mass is 263 g/mol. The van der Waals surface area contributed by atoms with Gasteiger partial charge >= 0.3 is 0 Å². The van der Waals surface area contributed by atoms with Crippen molar-refractivity contribution in [3.8, 4) is 11.5 Å². The van der Waals surface area contributed by atoms with E-state index in [1.807, 2.05) is 0 Å². The minimum atomic E-state index is -0.412. The van der Waals surface area contributed by atoms with Crippen molar-refractivity contribution < 1.29 is 13.9 Å². The Hall–Kier alpha value is -0.810. The van der Waals surface area contributed by atoms with E-state index in [4.69, 9.17) is 15.2 Å². The van der Waals surface area contributed by atoms with Crippen LogP contribution < -0.4 is 15.2 Å². The number of benzene rings is 1. The van der Waals surface area contributed by atoms with Crippen LogP contribution in [0.4, 0.5) is 4.39 Å². The predicted octanol–water partition coefficient (Wildman–Crippen LogP) is 2.06. The predicted molar refractivity (Wildman–Crippen MR) is 55.1 cm³/mol. The maximum Gasteiger partial charge on any atom is 0.177 e. The molecule has 14 heavy (non-hydrogen) atoms. The van der Waals surface area contributed by atoms with Gasteiger partial charge < -0.3 is 15.2 Å². The normalized spacial score (nSPS) is 10.1. The molecule has 0 aliphatic rings. The largest absolute Gasteiger partial charge is 0.493 e. The number of ether oxygens (including phenoxy) is 2. The smallest absolute Gasteiger partial charge is 0.177 e. The molecule has 0 saturated carbocycles. The first-order valence-corrected chi connectivity index (χ1v) is 4.73. The summed E-state index contributed by atoms with van der Waals surface area (Å²) in [5.41, 5.74) is 5.76. The number of nitrogens with two attached hydrogens (primary N) is 1. The van der Waals surface area contributed by atoms with Gasteiger partial charge in [-0.25, -0.2) is 4.39 Å². The van der Waals surface area contributed by atoms with E-state index >= 15 is 0 Å². The second-order valence-corrected chi connectivity index (χ2v) is 3.40. The fourth-order valence-corrected chi connectivity index (χ4v) is 1.74. The molecule has 2 N–H and O–H groups in total. The first-order chi connectivity index (χ1) is 6.65. The van der Waals surface area contributed by atoms with Gasteiger partial charge in [0.05, 0.1) is 18.7 Å². The van der Waals surface area contributed by atoms with E-state index in [0.717, 1.165) is 0 Å². The van der Waals surface area contributed by atoms with Crippen LogP contribution in [0.3, 0.4) is 0 Å². The Kier molecular flexibility index (Phi) is 3.71. The molecule has 1 rings (SSSR count). The van der Waals surface area contributed by atoms with Crippen LogP contribution in [0.2, 0.25) is 0 Å². The molecule has 0 aliphatic carbocycles. The van der Waals surface area contributed by atoms with E-state index in [2.05, 4.69) is 15.9 Å². The van der Waals surface area contributed by atoms with Gasteiger partial charge in [0.1, 0.15) is 5.82 Å². The van der Waals surface area contributed by atoms with Gasteiger partial charge in [-0.2, -0.15) is 0 Å². The average molecular weight is 264 g/mol. The summed E-state index contributed by atoms with van der Waals surface area (Å²) in [5.74, 6) is 0.383. The summed E-state index contributed by atoms with van der Waals surface area (Å²) in [5, 5.41) is 0. The fourth-order valence-electron chi connectivity index (χ4n) is 1.13. The highest BCUT2D eigenvalue weighted by atomic mass is 79.9. The molecule has 0 fully saturated rings. The SMILES string of the molecule is COc1cc(CN)c(F)c(Br)c1OC. The molecule has 0 bridgehead atoms. The zero-order valence-corrected chi connectivity index (χ0v) is 9.52. The standard InChI is InChI=1S/C9H11BrFNO2/c1-13-6-3-5(4-12)8(11)7(10)9(6)14-2/h3H,4,12H2,1-2H3. The molecule has 0 aliphatic heterocycles. The van der Waals surface area contributed by atoms with Crippen LogP contribution in [-0.2, 0) is 6.54 Å². The molecule has 0 atom stereocenters. The Balaban J connectivity index is 3.38. The molecule has 5 heteroatoms. The third-order valence-corrected chi connectivity index (χ3v) is 2.56. The summed E-state index contributed by atoms with van der Waals surface area (Å²) in [6.07, 6.45) is 0. The van der Waals surface area contributed by atoms with E-state index < -0.39 is 5.82 Å². The van der Waals surface area contributed by atoms with E-state index in [0.29, 0.717) is 17.1 Å². The molecule has 1 aromatic rings. The second-order valence-electron chi connectivity index (χ2n) is 2.60. The lowest BCUT2D eigenvalue weighted by Gasteiger charge is -2.12. The number of halogens is 2. The van der Waals surface area contributed by atoms with Gasteiger partial charge in [-0.05, 0) is 22.0 Å². The van der Waals surface area contributed by atoms with Crippen molar-refractivity contribution in [2.45, 2.75) is 6.54 Å². The van der Waals surface area contributed by atoms with Gasteiger partial charge in [0.25, 0.3) is 0 Å². The van der Waals surface area contributed by atoms with Crippen molar-refractivity contribution in [3.05, 3.63) is 21.9 Å². The Labute approximate surface area is 90.1 Å². The third kappa shape index (κ3) is 1.83. The molecule has 0 heterocycles. The summed E-state index contributed by atoms with van der Waals surface area (Å²) in [7, 11) is 2.94. The summed E-state index contributed by atoms with van der Waals surface area (Å²) < 4.78 is 23.8. The molecule has 0 spiro atoms. The molecule has 0 saturated heterocycles. The molecular formula is C9H11BrFNO2. The molecular weight excluding hydrogens is 253 g/mol. The molecule has 1 aromatic carbocycles. The van der Waals surface area contributed by atoms with Crippen molar-refractivity contribution in [2.75, 3.05) is 14.2 Å². The van der Waals surface area contributed by atoms with Gasteiger partial charge in [-0.1, -0.05) is 0 Å². The van der Waals surface area contributed by atoms with E-state index in [1.165, 1.54) is 20.3 Å².